The van der Waals surface area contributed by atoms with Crippen LogP contribution in [0.5, 0.6) is 0 Å². The summed E-state index contributed by atoms with van der Waals surface area (Å²) in [5.74, 6) is -1.44. The number of rotatable bonds is 3. The minimum Gasteiger partial charge on any atom is -0.341 e. The van der Waals surface area contributed by atoms with E-state index in [4.69, 9.17) is 0 Å². The highest BCUT2D eigenvalue weighted by Crippen LogP contribution is 2.20. The monoisotopic (exact) mass is 263 g/mol. The second kappa shape index (κ2) is 5.37. The number of alkyl halides is 3. The summed E-state index contributed by atoms with van der Waals surface area (Å²) >= 11 is 0. The molecule has 0 heterocycles. The van der Waals surface area contributed by atoms with Crippen LogP contribution in [0.2, 0.25) is 0 Å². The molecule has 0 aliphatic carbocycles. The van der Waals surface area contributed by atoms with E-state index in [1.807, 2.05) is 0 Å². The summed E-state index contributed by atoms with van der Waals surface area (Å²) in [6.07, 6.45) is -5.44. The first-order valence-electron chi connectivity index (χ1n) is 5.29. The van der Waals surface area contributed by atoms with Gasteiger partial charge in [-0.2, -0.15) is 13.2 Å². The molecule has 18 heavy (non-hydrogen) atoms. The predicted molar refractivity (Wildman–Crippen MR) is 58.8 cm³/mol. The number of carbonyl (C=O) groups excluding carboxylic acids is 1. The lowest BCUT2D eigenvalue weighted by molar-refractivity contribution is -0.136. The molecule has 0 aromatic heterocycles. The third-order valence-electron chi connectivity index (χ3n) is 2.50. The maximum atomic E-state index is 13.6. The Morgan fingerprint density at radius 3 is 2.50 bits per heavy atom. The fraction of sp³-hybridized carbons (Fsp3) is 0.417. The molecule has 0 bridgehead atoms. The second-order valence-electron chi connectivity index (χ2n) is 4.03. The zero-order chi connectivity index (χ0) is 13.9. The van der Waals surface area contributed by atoms with Crippen LogP contribution in [0.15, 0.2) is 18.2 Å². The molecule has 1 aromatic carbocycles. The maximum absolute atomic E-state index is 13.6. The first kappa shape index (κ1) is 14.5. The molecule has 0 saturated carbocycles. The van der Waals surface area contributed by atoms with Gasteiger partial charge in [0, 0.05) is 13.6 Å². The third kappa shape index (κ3) is 3.72. The average molecular weight is 263 g/mol. The highest BCUT2D eigenvalue weighted by atomic mass is 19.4. The van der Waals surface area contributed by atoms with Crippen molar-refractivity contribution in [1.82, 2.24) is 4.90 Å². The van der Waals surface area contributed by atoms with Gasteiger partial charge in [0.05, 0.1) is 12.0 Å². The molecule has 1 aromatic rings. The SMILES string of the molecule is Cc1cccc(C(=O)N(C)CCC(F)(F)F)c1F. The number of hydrogen-bond acceptors (Lipinski definition) is 1. The topological polar surface area (TPSA) is 20.3 Å². The van der Waals surface area contributed by atoms with Crippen LogP contribution < -0.4 is 0 Å². The Morgan fingerprint density at radius 1 is 1.33 bits per heavy atom. The molecular weight excluding hydrogens is 250 g/mol. The Hall–Kier alpha value is -1.59. The molecule has 100 valence electrons. The number of carbonyl (C=O) groups is 1. The van der Waals surface area contributed by atoms with Crippen LogP contribution in [0.4, 0.5) is 17.6 Å². The molecule has 2 nitrogen and oxygen atoms in total. The standard InChI is InChI=1S/C12H13F4NO/c1-8-4-3-5-9(10(8)13)11(18)17(2)7-6-12(14,15)16/h3-5H,6-7H2,1-2H3. The van der Waals surface area contributed by atoms with Gasteiger partial charge >= 0.3 is 6.18 Å². The Labute approximate surface area is 102 Å². The Kier molecular flexibility index (Phi) is 4.32. The van der Waals surface area contributed by atoms with Crippen LogP contribution in [0, 0.1) is 12.7 Å². The summed E-state index contributed by atoms with van der Waals surface area (Å²) in [5.41, 5.74) is 0.0738. The molecule has 0 N–H and O–H groups in total. The van der Waals surface area contributed by atoms with Gasteiger partial charge < -0.3 is 4.90 Å². The Bertz CT molecular complexity index is 442. The fourth-order valence-electron chi connectivity index (χ4n) is 1.41. The van der Waals surface area contributed by atoms with Crippen molar-refractivity contribution in [1.29, 1.82) is 0 Å². The van der Waals surface area contributed by atoms with Crippen molar-refractivity contribution in [3.8, 4) is 0 Å². The van der Waals surface area contributed by atoms with E-state index in [1.54, 1.807) is 0 Å². The van der Waals surface area contributed by atoms with E-state index in [2.05, 4.69) is 0 Å². The lowest BCUT2D eigenvalue weighted by atomic mass is 10.1. The molecule has 0 saturated heterocycles. The van der Waals surface area contributed by atoms with Crippen molar-refractivity contribution < 1.29 is 22.4 Å². The molecule has 1 rings (SSSR count). The normalized spacial score (nSPS) is 11.4. The van der Waals surface area contributed by atoms with Gasteiger partial charge in [0.1, 0.15) is 5.82 Å². The minimum atomic E-state index is -4.33. The zero-order valence-corrected chi connectivity index (χ0v) is 10.0. The quantitative estimate of drug-likeness (QED) is 0.767. The van der Waals surface area contributed by atoms with E-state index in [-0.39, 0.29) is 11.1 Å². The highest BCUT2D eigenvalue weighted by molar-refractivity contribution is 5.94. The summed E-state index contributed by atoms with van der Waals surface area (Å²) in [7, 11) is 1.22. The number of benzene rings is 1. The second-order valence-corrected chi connectivity index (χ2v) is 4.03. The molecule has 0 aliphatic rings. The van der Waals surface area contributed by atoms with Gasteiger partial charge in [0.15, 0.2) is 0 Å². The van der Waals surface area contributed by atoms with Crippen LogP contribution in [0.1, 0.15) is 22.3 Å². The summed E-state index contributed by atoms with van der Waals surface area (Å²) in [6, 6.07) is 4.24. The fourth-order valence-corrected chi connectivity index (χ4v) is 1.41. The minimum absolute atomic E-state index is 0.209. The number of halogens is 4. The van der Waals surface area contributed by atoms with E-state index >= 15 is 0 Å². The van der Waals surface area contributed by atoms with Crippen molar-refractivity contribution in [3.05, 3.63) is 35.1 Å². The van der Waals surface area contributed by atoms with Crippen molar-refractivity contribution in [2.45, 2.75) is 19.5 Å². The van der Waals surface area contributed by atoms with Gasteiger partial charge in [0.25, 0.3) is 5.91 Å². The van der Waals surface area contributed by atoms with E-state index in [0.717, 1.165) is 4.90 Å². The lowest BCUT2D eigenvalue weighted by Crippen LogP contribution is -2.31. The number of nitrogens with zero attached hydrogens (tertiary/aromatic N) is 1. The molecule has 0 spiro atoms. The van der Waals surface area contributed by atoms with Gasteiger partial charge in [-0.05, 0) is 18.6 Å². The van der Waals surface area contributed by atoms with E-state index in [1.165, 1.54) is 32.2 Å². The molecule has 0 aliphatic heterocycles. The average Bonchev–Trinajstić information content (AvgIpc) is 2.28. The van der Waals surface area contributed by atoms with Crippen LogP contribution in [-0.4, -0.2) is 30.6 Å². The van der Waals surface area contributed by atoms with Crippen molar-refractivity contribution in [3.63, 3.8) is 0 Å². The van der Waals surface area contributed by atoms with Gasteiger partial charge in [0.2, 0.25) is 0 Å². The van der Waals surface area contributed by atoms with Gasteiger partial charge in [-0.25, -0.2) is 4.39 Å². The molecule has 0 fully saturated rings. The van der Waals surface area contributed by atoms with Crippen LogP contribution >= 0.6 is 0 Å². The number of hydrogen-bond donors (Lipinski definition) is 0. The highest BCUT2D eigenvalue weighted by Gasteiger charge is 2.28. The third-order valence-corrected chi connectivity index (χ3v) is 2.50. The Balaban J connectivity index is 2.78. The summed E-state index contributed by atoms with van der Waals surface area (Å²) in [4.78, 5) is 12.6. The molecule has 1 amide bonds. The summed E-state index contributed by atoms with van der Waals surface area (Å²) < 4.78 is 49.7. The first-order valence-corrected chi connectivity index (χ1v) is 5.29. The lowest BCUT2D eigenvalue weighted by Gasteiger charge is -2.18. The van der Waals surface area contributed by atoms with Crippen LogP contribution in [0.3, 0.4) is 0 Å². The largest absolute Gasteiger partial charge is 0.390 e. The number of amides is 1. The van der Waals surface area contributed by atoms with Crippen LogP contribution in [0.25, 0.3) is 0 Å². The van der Waals surface area contributed by atoms with Crippen molar-refractivity contribution in [2.75, 3.05) is 13.6 Å². The zero-order valence-electron chi connectivity index (χ0n) is 10.0. The predicted octanol–water partition coefficient (Wildman–Crippen LogP) is 3.16. The number of aryl methyl sites for hydroxylation is 1. The molecular formula is C12H13F4NO. The van der Waals surface area contributed by atoms with E-state index < -0.39 is 30.9 Å². The maximum Gasteiger partial charge on any atom is 0.390 e. The van der Waals surface area contributed by atoms with Crippen molar-refractivity contribution >= 4 is 5.91 Å². The van der Waals surface area contributed by atoms with E-state index in [0.29, 0.717) is 0 Å². The van der Waals surface area contributed by atoms with E-state index in [9.17, 15) is 22.4 Å². The molecule has 0 radical (unpaired) electrons. The first-order chi connectivity index (χ1) is 8.22. The molecule has 0 atom stereocenters. The smallest absolute Gasteiger partial charge is 0.341 e. The van der Waals surface area contributed by atoms with Gasteiger partial charge in [-0.15, -0.1) is 0 Å². The van der Waals surface area contributed by atoms with Crippen molar-refractivity contribution in [2.24, 2.45) is 0 Å². The van der Waals surface area contributed by atoms with Crippen LogP contribution in [-0.2, 0) is 0 Å². The van der Waals surface area contributed by atoms with Gasteiger partial charge in [-0.3, -0.25) is 4.79 Å². The Morgan fingerprint density at radius 2 is 1.94 bits per heavy atom. The summed E-state index contributed by atoms with van der Waals surface area (Å²) in [5, 5.41) is 0. The summed E-state index contributed by atoms with van der Waals surface area (Å²) in [6.45, 7) is 0.998. The molecule has 6 heteroatoms. The molecule has 0 unspecified atom stereocenters. The van der Waals surface area contributed by atoms with Gasteiger partial charge in [-0.1, -0.05) is 12.1 Å².